The van der Waals surface area contributed by atoms with Gasteiger partial charge in [0.2, 0.25) is 5.91 Å². The van der Waals surface area contributed by atoms with Crippen molar-refractivity contribution >= 4 is 17.7 Å². The van der Waals surface area contributed by atoms with Crippen molar-refractivity contribution in [3.05, 3.63) is 86.3 Å². The van der Waals surface area contributed by atoms with Gasteiger partial charge in [0.05, 0.1) is 25.0 Å². The van der Waals surface area contributed by atoms with E-state index in [0.717, 1.165) is 33.5 Å². The average Bonchev–Trinajstić information content (AvgIpc) is 3.50. The lowest BCUT2D eigenvalue weighted by Crippen LogP contribution is -2.36. The number of carbonyl (C=O) groups excluding carboxylic acids is 2. The first-order chi connectivity index (χ1) is 19.0. The van der Waals surface area contributed by atoms with Gasteiger partial charge in [-0.15, -0.1) is 0 Å². The van der Waals surface area contributed by atoms with Gasteiger partial charge in [-0.1, -0.05) is 29.3 Å². The molecule has 0 spiro atoms. The Kier molecular flexibility index (Phi) is 7.35. The maximum absolute atomic E-state index is 13.3. The molecule has 0 radical (unpaired) electrons. The summed E-state index contributed by atoms with van der Waals surface area (Å²) in [6, 6.07) is 7.60. The largest absolute Gasteiger partial charge is 0.444 e. The third-order valence-corrected chi connectivity index (χ3v) is 7.03. The third-order valence-electron chi connectivity index (χ3n) is 7.03. The molecule has 0 fully saturated rings. The van der Waals surface area contributed by atoms with Crippen LogP contribution in [-0.4, -0.2) is 37.0 Å². The Balaban J connectivity index is 1.22. The predicted octanol–water partition coefficient (Wildman–Crippen LogP) is 3.92. The second kappa shape index (κ2) is 10.7. The van der Waals surface area contributed by atoms with E-state index < -0.39 is 11.6 Å². The molecule has 1 atom stereocenters. The van der Waals surface area contributed by atoms with Gasteiger partial charge in [0, 0.05) is 25.7 Å². The van der Waals surface area contributed by atoms with E-state index >= 15 is 0 Å². The summed E-state index contributed by atoms with van der Waals surface area (Å²) in [5.74, 6) is 0.383. The second-order valence-corrected chi connectivity index (χ2v) is 11.7. The first-order valence-corrected chi connectivity index (χ1v) is 13.6. The standard InChI is InChI=1S/C30H36N6O4/c1-18-8-19(2)10-20(9-18)12-31-23-15-33-26-7-6-25(36(26)28(23)38)27(37)34-14-21-11-22-16-35(17-24(22)32-13-21)29(39)40-30(3,4)5/h8-11,13,15,25,31H,6-7,12,14,16-17H2,1-5H3,(H,34,37)/t25-/m0/s1. The molecule has 4 heterocycles. The summed E-state index contributed by atoms with van der Waals surface area (Å²) >= 11 is 0. The van der Waals surface area contributed by atoms with Crippen molar-refractivity contribution in [3.8, 4) is 0 Å². The number of amides is 2. The summed E-state index contributed by atoms with van der Waals surface area (Å²) in [6.07, 6.45) is 3.98. The fraction of sp³-hybridized carbons (Fsp3) is 0.433. The summed E-state index contributed by atoms with van der Waals surface area (Å²) in [6.45, 7) is 11.2. The zero-order chi connectivity index (χ0) is 28.6. The molecule has 0 unspecified atom stereocenters. The van der Waals surface area contributed by atoms with Gasteiger partial charge in [-0.05, 0) is 63.8 Å². The van der Waals surface area contributed by atoms with E-state index in [9.17, 15) is 14.4 Å². The number of ether oxygens (including phenoxy) is 1. The Morgan fingerprint density at radius 2 is 1.75 bits per heavy atom. The van der Waals surface area contributed by atoms with Crippen LogP contribution in [0.2, 0.25) is 0 Å². The number of hydrogen-bond donors (Lipinski definition) is 2. The molecule has 40 heavy (non-hydrogen) atoms. The summed E-state index contributed by atoms with van der Waals surface area (Å²) in [7, 11) is 0. The first kappa shape index (κ1) is 27.4. The molecule has 0 bridgehead atoms. The van der Waals surface area contributed by atoms with E-state index in [4.69, 9.17) is 4.74 Å². The molecule has 2 aromatic heterocycles. The molecule has 2 aliphatic rings. The molecule has 5 rings (SSSR count). The average molecular weight is 545 g/mol. The van der Waals surface area contributed by atoms with Crippen molar-refractivity contribution in [1.82, 2.24) is 24.8 Å². The van der Waals surface area contributed by atoms with Crippen LogP contribution in [0, 0.1) is 13.8 Å². The van der Waals surface area contributed by atoms with Crippen LogP contribution in [0.3, 0.4) is 0 Å². The number of carbonyl (C=O) groups is 2. The van der Waals surface area contributed by atoms with Gasteiger partial charge in [0.15, 0.2) is 0 Å². The van der Waals surface area contributed by atoms with Gasteiger partial charge >= 0.3 is 6.09 Å². The number of fused-ring (bicyclic) bond motifs is 2. The third kappa shape index (κ3) is 6.00. The van der Waals surface area contributed by atoms with Gasteiger partial charge in [-0.2, -0.15) is 0 Å². The lowest BCUT2D eigenvalue weighted by Gasteiger charge is -2.23. The summed E-state index contributed by atoms with van der Waals surface area (Å²) in [5.41, 5.74) is 5.55. The predicted molar refractivity (Wildman–Crippen MR) is 151 cm³/mol. The number of nitrogens with zero attached hydrogens (tertiary/aromatic N) is 4. The Morgan fingerprint density at radius 1 is 1.00 bits per heavy atom. The molecule has 0 aliphatic carbocycles. The normalized spacial score (nSPS) is 15.9. The molecule has 10 heteroatoms. The molecule has 1 aromatic carbocycles. The summed E-state index contributed by atoms with van der Waals surface area (Å²) in [4.78, 5) is 49.6. The lowest BCUT2D eigenvalue weighted by atomic mass is 10.1. The first-order valence-electron chi connectivity index (χ1n) is 13.6. The molecular formula is C30H36N6O4. The van der Waals surface area contributed by atoms with Gasteiger partial charge in [-0.25, -0.2) is 9.78 Å². The zero-order valence-corrected chi connectivity index (χ0v) is 23.7. The molecule has 0 saturated carbocycles. The minimum Gasteiger partial charge on any atom is -0.444 e. The van der Waals surface area contributed by atoms with Crippen molar-refractivity contribution in [2.45, 2.75) is 85.3 Å². The smallest absolute Gasteiger partial charge is 0.410 e. The van der Waals surface area contributed by atoms with Crippen LogP contribution in [0.4, 0.5) is 10.5 Å². The van der Waals surface area contributed by atoms with E-state index in [1.54, 1.807) is 17.3 Å². The van der Waals surface area contributed by atoms with Gasteiger partial charge < -0.3 is 15.4 Å². The molecule has 3 aromatic rings. The van der Waals surface area contributed by atoms with Crippen molar-refractivity contribution in [2.75, 3.05) is 5.32 Å². The van der Waals surface area contributed by atoms with E-state index in [0.29, 0.717) is 44.0 Å². The summed E-state index contributed by atoms with van der Waals surface area (Å²) < 4.78 is 6.99. The van der Waals surface area contributed by atoms with Crippen LogP contribution in [0.5, 0.6) is 0 Å². The molecule has 0 saturated heterocycles. The highest BCUT2D eigenvalue weighted by Gasteiger charge is 2.32. The Morgan fingerprint density at radius 3 is 2.48 bits per heavy atom. The number of hydrogen-bond acceptors (Lipinski definition) is 7. The molecule has 10 nitrogen and oxygen atoms in total. The van der Waals surface area contributed by atoms with E-state index in [1.807, 2.05) is 40.7 Å². The zero-order valence-electron chi connectivity index (χ0n) is 23.7. The van der Waals surface area contributed by atoms with Crippen LogP contribution >= 0.6 is 0 Å². The number of anilines is 1. The van der Waals surface area contributed by atoms with E-state index in [-0.39, 0.29) is 24.1 Å². The Labute approximate surface area is 233 Å². The van der Waals surface area contributed by atoms with Gasteiger partial charge in [0.1, 0.15) is 23.2 Å². The van der Waals surface area contributed by atoms with Crippen LogP contribution in [0.15, 0.2) is 41.5 Å². The quantitative estimate of drug-likeness (QED) is 0.483. The van der Waals surface area contributed by atoms with Crippen LogP contribution in [-0.2, 0) is 42.1 Å². The molecule has 2 amide bonds. The lowest BCUT2D eigenvalue weighted by molar-refractivity contribution is -0.124. The highest BCUT2D eigenvalue weighted by molar-refractivity contribution is 5.81. The van der Waals surface area contributed by atoms with Gasteiger partial charge in [0.25, 0.3) is 5.56 Å². The molecule has 2 aliphatic heterocycles. The maximum atomic E-state index is 13.3. The molecule has 2 N–H and O–H groups in total. The second-order valence-electron chi connectivity index (χ2n) is 11.7. The van der Waals surface area contributed by atoms with Crippen molar-refractivity contribution in [1.29, 1.82) is 0 Å². The van der Waals surface area contributed by atoms with Crippen molar-refractivity contribution < 1.29 is 14.3 Å². The van der Waals surface area contributed by atoms with Crippen molar-refractivity contribution in [2.24, 2.45) is 0 Å². The minimum atomic E-state index is -0.622. The topological polar surface area (TPSA) is 118 Å². The minimum absolute atomic E-state index is 0.231. The van der Waals surface area contributed by atoms with Crippen LogP contribution in [0.1, 0.15) is 72.6 Å². The fourth-order valence-electron chi connectivity index (χ4n) is 5.31. The van der Waals surface area contributed by atoms with Crippen LogP contribution < -0.4 is 16.2 Å². The number of aryl methyl sites for hydroxylation is 3. The Hall–Kier alpha value is -4.21. The number of benzene rings is 1. The van der Waals surface area contributed by atoms with E-state index in [2.05, 4.69) is 38.8 Å². The molecular weight excluding hydrogens is 508 g/mol. The van der Waals surface area contributed by atoms with E-state index in [1.165, 1.54) is 4.57 Å². The van der Waals surface area contributed by atoms with Crippen LogP contribution in [0.25, 0.3) is 0 Å². The Bertz CT molecular complexity index is 1500. The number of pyridine rings is 1. The van der Waals surface area contributed by atoms with Crippen molar-refractivity contribution in [3.63, 3.8) is 0 Å². The highest BCUT2D eigenvalue weighted by Crippen LogP contribution is 2.25. The van der Waals surface area contributed by atoms with Gasteiger partial charge in [-0.3, -0.25) is 24.0 Å². The summed E-state index contributed by atoms with van der Waals surface area (Å²) in [5, 5.41) is 6.17. The maximum Gasteiger partial charge on any atom is 0.410 e. The fourth-order valence-corrected chi connectivity index (χ4v) is 5.31. The number of rotatable bonds is 6. The molecule has 210 valence electrons. The number of aromatic nitrogens is 3. The number of nitrogens with one attached hydrogen (secondary N) is 2. The monoisotopic (exact) mass is 544 g/mol. The SMILES string of the molecule is Cc1cc(C)cc(CNc2cnc3n(c2=O)[C@H](C(=O)NCc2cnc4c(c2)CN(C(=O)OC(C)(C)C)C4)CC3)c1. The highest BCUT2D eigenvalue weighted by atomic mass is 16.6.